The van der Waals surface area contributed by atoms with Gasteiger partial charge in [0.05, 0.1) is 28.0 Å². The minimum absolute atomic E-state index is 0.124. The second kappa shape index (κ2) is 14.4. The molecule has 0 amide bonds. The van der Waals surface area contributed by atoms with Crippen molar-refractivity contribution in [3.05, 3.63) is 167 Å². The summed E-state index contributed by atoms with van der Waals surface area (Å²) in [7, 11) is 0. The predicted molar refractivity (Wildman–Crippen MR) is 239 cm³/mol. The van der Waals surface area contributed by atoms with Crippen LogP contribution in [0.15, 0.2) is 140 Å². The lowest BCUT2D eigenvalue weighted by Gasteiger charge is -2.22. The highest BCUT2D eigenvalue weighted by Crippen LogP contribution is 2.43. The van der Waals surface area contributed by atoms with E-state index in [9.17, 15) is 5.11 Å². The van der Waals surface area contributed by atoms with Crippen LogP contribution in [0.3, 0.4) is 0 Å². The first-order valence-corrected chi connectivity index (χ1v) is 19.9. The van der Waals surface area contributed by atoms with Gasteiger partial charge in [-0.2, -0.15) is 0 Å². The van der Waals surface area contributed by atoms with Gasteiger partial charge in [0.15, 0.2) is 0 Å². The van der Waals surface area contributed by atoms with Crippen molar-refractivity contribution in [2.24, 2.45) is 0 Å². The maximum absolute atomic E-state index is 11.9. The SMILES string of the molecule is Cc1ccc(-c2ccnc(-c3cc(-c4cccc5c4nc(-c4cc(C(C)(C)C)cc(C)c4O)n5-c4ccc(C)cc4-c4ccccc4)cc(C(C)(C)C)c3)c2)cc1. The number of para-hydroxylation sites is 1. The van der Waals surface area contributed by atoms with Gasteiger partial charge in [0.2, 0.25) is 0 Å². The van der Waals surface area contributed by atoms with E-state index in [0.717, 1.165) is 66.9 Å². The Bertz CT molecular complexity index is 2780. The van der Waals surface area contributed by atoms with Crippen LogP contribution in [-0.4, -0.2) is 19.6 Å². The van der Waals surface area contributed by atoms with Crippen molar-refractivity contribution in [3.8, 4) is 67.5 Å². The minimum Gasteiger partial charge on any atom is -0.507 e. The summed E-state index contributed by atoms with van der Waals surface area (Å²) in [6.07, 6.45) is 1.91. The number of aromatic hydroxyl groups is 1. The van der Waals surface area contributed by atoms with E-state index in [4.69, 9.17) is 9.97 Å². The topological polar surface area (TPSA) is 50.9 Å². The van der Waals surface area contributed by atoms with Gasteiger partial charge >= 0.3 is 0 Å². The normalized spacial score (nSPS) is 12.0. The molecule has 0 fully saturated rings. The first-order valence-electron chi connectivity index (χ1n) is 19.9. The first-order chi connectivity index (χ1) is 27.2. The lowest BCUT2D eigenvalue weighted by molar-refractivity contribution is 0.471. The van der Waals surface area contributed by atoms with Crippen molar-refractivity contribution in [2.75, 3.05) is 0 Å². The molecule has 2 heterocycles. The molecule has 0 saturated carbocycles. The number of hydrogen-bond donors (Lipinski definition) is 1. The molecule has 8 aromatic rings. The Balaban J connectivity index is 1.42. The molecule has 0 unspecified atom stereocenters. The smallest absolute Gasteiger partial charge is 0.149 e. The van der Waals surface area contributed by atoms with E-state index < -0.39 is 0 Å². The molecule has 4 heteroatoms. The monoisotopic (exact) mass is 745 g/mol. The van der Waals surface area contributed by atoms with Crippen LogP contribution < -0.4 is 0 Å². The zero-order valence-corrected chi connectivity index (χ0v) is 34.6. The number of rotatable bonds is 6. The van der Waals surface area contributed by atoms with Gasteiger partial charge in [-0.15, -0.1) is 0 Å². The molecular formula is C53H51N3O. The number of fused-ring (bicyclic) bond motifs is 1. The molecule has 0 bridgehead atoms. The quantitative estimate of drug-likeness (QED) is 0.184. The van der Waals surface area contributed by atoms with Gasteiger partial charge < -0.3 is 5.11 Å². The van der Waals surface area contributed by atoms with E-state index in [1.54, 1.807) is 0 Å². The first kappa shape index (κ1) is 37.7. The average molecular weight is 746 g/mol. The summed E-state index contributed by atoms with van der Waals surface area (Å²) < 4.78 is 2.25. The lowest BCUT2D eigenvalue weighted by Crippen LogP contribution is -2.12. The summed E-state index contributed by atoms with van der Waals surface area (Å²) in [5, 5.41) is 11.9. The molecular weight excluding hydrogens is 695 g/mol. The number of pyridine rings is 1. The lowest BCUT2D eigenvalue weighted by atomic mass is 9.83. The van der Waals surface area contributed by atoms with E-state index in [2.05, 4.69) is 193 Å². The van der Waals surface area contributed by atoms with Gasteiger partial charge in [0, 0.05) is 22.9 Å². The highest BCUT2D eigenvalue weighted by atomic mass is 16.3. The number of phenolic OH excluding ortho intramolecular Hbond substituents is 1. The van der Waals surface area contributed by atoms with Gasteiger partial charge in [0.1, 0.15) is 11.6 Å². The number of hydrogen-bond acceptors (Lipinski definition) is 3. The van der Waals surface area contributed by atoms with Crippen molar-refractivity contribution in [2.45, 2.75) is 73.1 Å². The van der Waals surface area contributed by atoms with Crippen LogP contribution in [0.4, 0.5) is 0 Å². The van der Waals surface area contributed by atoms with E-state index >= 15 is 0 Å². The molecule has 0 aliphatic carbocycles. The Labute approximate surface area is 337 Å². The van der Waals surface area contributed by atoms with E-state index in [-0.39, 0.29) is 16.6 Å². The molecule has 4 nitrogen and oxygen atoms in total. The van der Waals surface area contributed by atoms with E-state index in [1.807, 2.05) is 13.1 Å². The van der Waals surface area contributed by atoms with Crippen LogP contribution in [0.25, 0.3) is 72.7 Å². The molecule has 8 rings (SSSR count). The molecule has 0 radical (unpaired) electrons. The Hall–Kier alpha value is -6.26. The molecule has 57 heavy (non-hydrogen) atoms. The Morgan fingerprint density at radius 1 is 0.509 bits per heavy atom. The number of benzene rings is 6. The Kier molecular flexibility index (Phi) is 9.48. The van der Waals surface area contributed by atoms with Crippen molar-refractivity contribution < 1.29 is 5.11 Å². The van der Waals surface area contributed by atoms with E-state index in [0.29, 0.717) is 11.4 Å². The number of nitrogens with zero attached hydrogens (tertiary/aromatic N) is 3. The molecule has 6 aromatic carbocycles. The Morgan fingerprint density at radius 3 is 1.91 bits per heavy atom. The van der Waals surface area contributed by atoms with Crippen molar-refractivity contribution in [1.29, 1.82) is 0 Å². The Morgan fingerprint density at radius 2 is 1.19 bits per heavy atom. The fraction of sp³-hybridized carbons (Fsp3) is 0.208. The van der Waals surface area contributed by atoms with Crippen LogP contribution in [0.2, 0.25) is 0 Å². The number of aromatic nitrogens is 3. The molecule has 2 aromatic heterocycles. The summed E-state index contributed by atoms with van der Waals surface area (Å²) >= 11 is 0. The maximum atomic E-state index is 11.9. The summed E-state index contributed by atoms with van der Waals surface area (Å²) in [6.45, 7) is 19.6. The second-order valence-corrected chi connectivity index (χ2v) is 17.6. The fourth-order valence-corrected chi connectivity index (χ4v) is 7.71. The van der Waals surface area contributed by atoms with E-state index in [1.165, 1.54) is 22.3 Å². The van der Waals surface area contributed by atoms with Crippen LogP contribution in [0, 0.1) is 20.8 Å². The summed E-state index contributed by atoms with van der Waals surface area (Å²) in [5.74, 6) is 0.941. The van der Waals surface area contributed by atoms with Crippen LogP contribution in [0.5, 0.6) is 5.75 Å². The molecule has 0 aliphatic heterocycles. The molecule has 0 aliphatic rings. The summed E-state index contributed by atoms with van der Waals surface area (Å²) in [5.41, 5.74) is 17.4. The van der Waals surface area contributed by atoms with Crippen LogP contribution in [-0.2, 0) is 10.8 Å². The average Bonchev–Trinajstić information content (AvgIpc) is 3.58. The summed E-state index contributed by atoms with van der Waals surface area (Å²) in [6, 6.07) is 47.6. The third kappa shape index (κ3) is 7.29. The van der Waals surface area contributed by atoms with Crippen molar-refractivity contribution >= 4 is 11.0 Å². The van der Waals surface area contributed by atoms with Gasteiger partial charge in [0.25, 0.3) is 0 Å². The molecule has 1 N–H and O–H groups in total. The highest BCUT2D eigenvalue weighted by Gasteiger charge is 2.26. The van der Waals surface area contributed by atoms with Crippen molar-refractivity contribution in [1.82, 2.24) is 14.5 Å². The molecule has 0 atom stereocenters. The second-order valence-electron chi connectivity index (χ2n) is 17.6. The van der Waals surface area contributed by atoms with Gasteiger partial charge in [-0.05, 0) is 119 Å². The van der Waals surface area contributed by atoms with Gasteiger partial charge in [-0.1, -0.05) is 138 Å². The molecule has 284 valence electrons. The predicted octanol–water partition coefficient (Wildman–Crippen LogP) is 14.0. The third-order valence-corrected chi connectivity index (χ3v) is 11.1. The molecule has 0 saturated heterocycles. The fourth-order valence-electron chi connectivity index (χ4n) is 7.71. The number of phenols is 1. The van der Waals surface area contributed by atoms with Crippen LogP contribution >= 0.6 is 0 Å². The van der Waals surface area contributed by atoms with Gasteiger partial charge in [-0.3, -0.25) is 9.55 Å². The highest BCUT2D eigenvalue weighted by molar-refractivity contribution is 5.98. The zero-order valence-electron chi connectivity index (χ0n) is 34.6. The zero-order chi connectivity index (χ0) is 40.2. The number of aryl methyl sites for hydroxylation is 3. The minimum atomic E-state index is -0.136. The number of imidazole rings is 1. The summed E-state index contributed by atoms with van der Waals surface area (Å²) in [4.78, 5) is 10.5. The van der Waals surface area contributed by atoms with Crippen LogP contribution in [0.1, 0.15) is 69.4 Å². The molecule has 0 spiro atoms. The van der Waals surface area contributed by atoms with Crippen molar-refractivity contribution in [3.63, 3.8) is 0 Å². The third-order valence-electron chi connectivity index (χ3n) is 11.1. The van der Waals surface area contributed by atoms with Gasteiger partial charge in [-0.25, -0.2) is 4.98 Å². The maximum Gasteiger partial charge on any atom is 0.149 e. The largest absolute Gasteiger partial charge is 0.507 e. The standard InChI is InChI=1S/C53H51N3O/c1-33-18-21-36(22-19-33)38-24-25-54-46(31-38)40-28-39(29-42(30-40)53(7,8)9)43-16-13-17-48-49(43)55-51(45-32-41(52(4,5)6)27-35(3)50(45)57)56(48)47-23-20-34(2)26-44(47)37-14-11-10-12-15-37/h10-32,57H,1-9H3.